The van der Waals surface area contributed by atoms with Gasteiger partial charge in [0.05, 0.1) is 22.9 Å². The highest BCUT2D eigenvalue weighted by Gasteiger charge is 2.29. The first kappa shape index (κ1) is 38.5. The topological polar surface area (TPSA) is 181 Å². The van der Waals surface area contributed by atoms with E-state index in [2.05, 4.69) is 43.7 Å². The molecule has 4 rings (SSSR count). The first-order valence-electron chi connectivity index (χ1n) is 17.7. The molecule has 0 aliphatic heterocycles. The molecule has 0 atom stereocenters. The van der Waals surface area contributed by atoms with E-state index < -0.39 is 30.9 Å². The zero-order valence-electron chi connectivity index (χ0n) is 30.6. The van der Waals surface area contributed by atoms with Gasteiger partial charge in [-0.05, 0) is 18.9 Å². The van der Waals surface area contributed by atoms with Gasteiger partial charge in [0, 0.05) is 21.6 Å². The molecule has 0 aliphatic carbocycles. The van der Waals surface area contributed by atoms with Crippen molar-refractivity contribution in [3.63, 3.8) is 0 Å². The van der Waals surface area contributed by atoms with Crippen LogP contribution >= 0.6 is 0 Å². The number of H-pyrrole nitrogens is 1. The third-order valence-electron chi connectivity index (χ3n) is 8.46. The number of sulfonamides is 2. The lowest BCUT2D eigenvalue weighted by Gasteiger charge is -2.17. The molecule has 0 spiro atoms. The van der Waals surface area contributed by atoms with Crippen molar-refractivity contribution in [1.82, 2.24) is 39.6 Å². The Bertz CT molecular complexity index is 1960. The van der Waals surface area contributed by atoms with Gasteiger partial charge in [0.2, 0.25) is 20.0 Å². The summed E-state index contributed by atoms with van der Waals surface area (Å²) >= 11 is 0. The van der Waals surface area contributed by atoms with Crippen LogP contribution in [0.2, 0.25) is 0 Å². The van der Waals surface area contributed by atoms with E-state index in [4.69, 9.17) is 10.2 Å². The molecule has 3 N–H and O–H groups in total. The molecule has 49 heavy (non-hydrogen) atoms. The molecule has 0 aromatic carbocycles. The minimum atomic E-state index is -3.66. The lowest BCUT2D eigenvalue weighted by Crippen LogP contribution is -2.23. The molecule has 0 fully saturated rings. The molecule has 4 aromatic heterocycles. The Morgan fingerprint density at radius 1 is 0.653 bits per heavy atom. The quantitative estimate of drug-likeness (QED) is 0.100. The molecule has 0 unspecified atom stereocenters. The Labute approximate surface area is 291 Å². The average molecular weight is 721 g/mol. The molecule has 0 radical (unpaired) electrons. The molecule has 16 heteroatoms. The lowest BCUT2D eigenvalue weighted by atomic mass is 9.88. The molecule has 0 aliphatic rings. The van der Waals surface area contributed by atoms with E-state index in [1.165, 1.54) is 9.03 Å². The maximum absolute atomic E-state index is 13.0. The number of aromatic amines is 1. The van der Waals surface area contributed by atoms with E-state index in [0.29, 0.717) is 46.3 Å². The number of unbranched alkanes of at least 4 members (excludes halogenated alkanes) is 10. The van der Waals surface area contributed by atoms with Crippen LogP contribution in [0.25, 0.3) is 17.4 Å². The molecule has 14 nitrogen and oxygen atoms in total. The standard InChI is InChI=1S/C33H56N10O4S2/c1-9-11-13-15-17-19-21-48(44,45)40-30-36-34-28-24(26(32(3,4)5)38-42(28)30)23-25-27(33(6,7)8)39-43-29(25)35-37-31(43)41-49(46,47)22-20-18-16-14-12-10-2/h23,34H,9-22H2,1-8H3,(H,36,40)(H,37,41)/b25-23-. The second-order valence-corrected chi connectivity index (χ2v) is 18.8. The summed E-state index contributed by atoms with van der Waals surface area (Å²) in [6.07, 6.45) is 13.6. The highest BCUT2D eigenvalue weighted by molar-refractivity contribution is 7.92. The summed E-state index contributed by atoms with van der Waals surface area (Å²) in [5, 5.41) is 26.1. The number of hydrogen-bond donors (Lipinski definition) is 3. The summed E-state index contributed by atoms with van der Waals surface area (Å²) < 4.78 is 60.1. The molecular weight excluding hydrogens is 665 g/mol. The van der Waals surface area contributed by atoms with Crippen LogP contribution in [0.5, 0.6) is 0 Å². The average Bonchev–Trinajstić information content (AvgIpc) is 3.75. The highest BCUT2D eigenvalue weighted by atomic mass is 32.2. The largest absolute Gasteiger partial charge is 0.259 e. The number of fused-ring (bicyclic) bond motifs is 2. The molecule has 0 bridgehead atoms. The predicted octanol–water partition coefficient (Wildman–Crippen LogP) is 5.84. The number of aromatic nitrogens is 8. The van der Waals surface area contributed by atoms with Crippen LogP contribution in [-0.2, 0) is 30.9 Å². The van der Waals surface area contributed by atoms with Gasteiger partial charge in [0.1, 0.15) is 0 Å². The van der Waals surface area contributed by atoms with Gasteiger partial charge in [-0.25, -0.2) is 26.3 Å². The van der Waals surface area contributed by atoms with Gasteiger partial charge in [0.15, 0.2) is 11.3 Å². The molecule has 4 aromatic rings. The van der Waals surface area contributed by atoms with Crippen LogP contribution in [-0.4, -0.2) is 68.0 Å². The van der Waals surface area contributed by atoms with Gasteiger partial charge in [-0.15, -0.1) is 15.3 Å². The Hall–Kier alpha value is -3.27. The smallest absolute Gasteiger partial charge is 0.257 e. The van der Waals surface area contributed by atoms with E-state index in [1.807, 2.05) is 47.6 Å². The fourth-order valence-electron chi connectivity index (χ4n) is 5.82. The first-order chi connectivity index (χ1) is 23.0. The second kappa shape index (κ2) is 15.7. The van der Waals surface area contributed by atoms with Crippen molar-refractivity contribution in [2.45, 2.75) is 143 Å². The summed E-state index contributed by atoms with van der Waals surface area (Å²) in [5.41, 5.74) is 2.09. The van der Waals surface area contributed by atoms with Gasteiger partial charge in [-0.3, -0.25) is 5.10 Å². The lowest BCUT2D eigenvalue weighted by molar-refractivity contribution is 0.558. The van der Waals surface area contributed by atoms with Gasteiger partial charge in [0.25, 0.3) is 11.9 Å². The maximum Gasteiger partial charge on any atom is 0.259 e. The molecule has 4 heterocycles. The maximum atomic E-state index is 13.0. The van der Waals surface area contributed by atoms with Crippen LogP contribution in [0.4, 0.5) is 11.9 Å². The van der Waals surface area contributed by atoms with E-state index in [-0.39, 0.29) is 23.4 Å². The summed E-state index contributed by atoms with van der Waals surface area (Å²) in [6.45, 7) is 16.4. The number of nitrogens with one attached hydrogen (secondary N) is 3. The van der Waals surface area contributed by atoms with E-state index in [0.717, 1.165) is 64.2 Å². The Kier molecular flexibility index (Phi) is 12.4. The third-order valence-corrected chi connectivity index (χ3v) is 11.1. The monoisotopic (exact) mass is 720 g/mol. The second-order valence-electron chi connectivity index (χ2n) is 15.1. The van der Waals surface area contributed by atoms with Crippen molar-refractivity contribution in [1.29, 1.82) is 0 Å². The van der Waals surface area contributed by atoms with E-state index >= 15 is 0 Å². The normalized spacial score (nSPS) is 13.7. The molecule has 0 saturated carbocycles. The zero-order chi connectivity index (χ0) is 36.0. The fourth-order valence-corrected chi connectivity index (χ4v) is 8.01. The van der Waals surface area contributed by atoms with Gasteiger partial charge >= 0.3 is 0 Å². The van der Waals surface area contributed by atoms with Crippen LogP contribution in [0.3, 0.4) is 0 Å². The zero-order valence-corrected chi connectivity index (χ0v) is 32.2. The number of nitrogens with zero attached hydrogens (tertiary/aromatic N) is 7. The van der Waals surface area contributed by atoms with Gasteiger partial charge < -0.3 is 0 Å². The minimum absolute atomic E-state index is 0.00387. The van der Waals surface area contributed by atoms with Crippen molar-refractivity contribution in [3.05, 3.63) is 22.2 Å². The summed E-state index contributed by atoms with van der Waals surface area (Å²) in [4.78, 5) is 0. The first-order valence-corrected chi connectivity index (χ1v) is 21.0. The van der Waals surface area contributed by atoms with E-state index in [9.17, 15) is 16.8 Å². The Morgan fingerprint density at radius 2 is 1.14 bits per heavy atom. The van der Waals surface area contributed by atoms with Gasteiger partial charge in [-0.2, -0.15) is 19.2 Å². The van der Waals surface area contributed by atoms with Crippen molar-refractivity contribution >= 4 is 49.3 Å². The third kappa shape index (κ3) is 9.92. The van der Waals surface area contributed by atoms with Crippen LogP contribution < -0.4 is 14.7 Å². The summed E-state index contributed by atoms with van der Waals surface area (Å²) in [6, 6.07) is 0. The van der Waals surface area contributed by atoms with Crippen LogP contribution in [0.1, 0.15) is 149 Å². The number of hydrogen-bond acceptors (Lipinski definition) is 9. The Morgan fingerprint density at radius 3 is 1.67 bits per heavy atom. The number of rotatable bonds is 19. The molecule has 0 amide bonds. The van der Waals surface area contributed by atoms with Gasteiger partial charge in [-0.1, -0.05) is 120 Å². The molecular formula is C33H56N10O4S2. The highest BCUT2D eigenvalue weighted by Crippen LogP contribution is 2.30. The van der Waals surface area contributed by atoms with E-state index in [1.54, 1.807) is 0 Å². The van der Waals surface area contributed by atoms with Crippen molar-refractivity contribution in [2.75, 3.05) is 20.9 Å². The van der Waals surface area contributed by atoms with Crippen LogP contribution in [0, 0.1) is 0 Å². The fraction of sp³-hybridized carbons (Fsp3) is 0.727. The molecule has 0 saturated heterocycles. The number of anilines is 2. The van der Waals surface area contributed by atoms with Crippen LogP contribution in [0.15, 0.2) is 0 Å². The summed E-state index contributed by atoms with van der Waals surface area (Å²) in [5.74, 6) is 0.112. The Balaban J connectivity index is 1.69. The van der Waals surface area contributed by atoms with Crippen molar-refractivity contribution in [3.8, 4) is 0 Å². The summed E-state index contributed by atoms with van der Waals surface area (Å²) in [7, 11) is -7.31. The van der Waals surface area contributed by atoms with Crippen molar-refractivity contribution in [2.24, 2.45) is 0 Å². The SMILES string of the molecule is CCCCCCCCS(=O)(=O)Nc1n[nH]c2c(/C=c3/c(C(C)(C)C)nn4c(NS(=O)(=O)CCCCCCCC)nnc34)c(C(C)(C)C)nn12. The van der Waals surface area contributed by atoms with Crippen molar-refractivity contribution < 1.29 is 16.8 Å². The molecule has 274 valence electrons. The minimum Gasteiger partial charge on any atom is -0.257 e. The predicted molar refractivity (Wildman–Crippen MR) is 196 cm³/mol.